The topological polar surface area (TPSA) is 81.4 Å². The van der Waals surface area contributed by atoms with Gasteiger partial charge in [0.25, 0.3) is 5.91 Å². The summed E-state index contributed by atoms with van der Waals surface area (Å²) >= 11 is 1.26. The number of nitrogens with one attached hydrogen (secondary N) is 1. The summed E-state index contributed by atoms with van der Waals surface area (Å²) in [5.74, 6) is 0.591. The summed E-state index contributed by atoms with van der Waals surface area (Å²) in [7, 11) is 0. The third-order valence-electron chi connectivity index (χ3n) is 3.47. The molecule has 0 aliphatic rings. The number of aromatic nitrogens is 4. The summed E-state index contributed by atoms with van der Waals surface area (Å²) in [5.41, 5.74) is 1.54. The highest BCUT2D eigenvalue weighted by molar-refractivity contribution is 7.20. The average molecular weight is 351 g/mol. The Morgan fingerprint density at radius 3 is 2.68 bits per heavy atom. The number of hydrogen-bond acceptors (Lipinski definition) is 6. The molecule has 124 valence electrons. The minimum Gasteiger partial charge on any atom is -0.489 e. The molecule has 8 heteroatoms. The van der Waals surface area contributed by atoms with E-state index in [0.29, 0.717) is 22.3 Å². The smallest absolute Gasteiger partial charge is 0.257 e. The SMILES string of the molecule is O=C(Nc1nn2cnnc2s1)c1ccc(COc2ccccc2)cc1. The highest BCUT2D eigenvalue weighted by atomic mass is 32.1. The van der Waals surface area contributed by atoms with E-state index in [2.05, 4.69) is 20.6 Å². The van der Waals surface area contributed by atoms with Crippen molar-refractivity contribution >= 4 is 27.3 Å². The van der Waals surface area contributed by atoms with E-state index in [-0.39, 0.29) is 5.91 Å². The molecule has 0 spiro atoms. The Kier molecular flexibility index (Phi) is 4.09. The summed E-state index contributed by atoms with van der Waals surface area (Å²) in [4.78, 5) is 12.9. The number of amides is 1. The van der Waals surface area contributed by atoms with E-state index >= 15 is 0 Å². The van der Waals surface area contributed by atoms with Gasteiger partial charge in [-0.05, 0) is 29.8 Å². The number of rotatable bonds is 5. The van der Waals surface area contributed by atoms with Crippen LogP contribution < -0.4 is 10.1 Å². The van der Waals surface area contributed by atoms with Crippen LogP contribution in [0.1, 0.15) is 15.9 Å². The predicted molar refractivity (Wildman–Crippen MR) is 93.8 cm³/mol. The Labute approximate surface area is 146 Å². The minimum atomic E-state index is -0.222. The van der Waals surface area contributed by atoms with Crippen LogP contribution in [0.2, 0.25) is 0 Å². The highest BCUT2D eigenvalue weighted by Gasteiger charge is 2.11. The van der Waals surface area contributed by atoms with E-state index in [1.807, 2.05) is 42.5 Å². The van der Waals surface area contributed by atoms with E-state index in [1.54, 1.807) is 12.1 Å². The van der Waals surface area contributed by atoms with E-state index < -0.39 is 0 Å². The quantitative estimate of drug-likeness (QED) is 0.598. The fourth-order valence-corrected chi connectivity index (χ4v) is 2.93. The first kappa shape index (κ1) is 15.3. The molecule has 0 aliphatic heterocycles. The van der Waals surface area contributed by atoms with Crippen molar-refractivity contribution in [1.29, 1.82) is 0 Å². The fraction of sp³-hybridized carbons (Fsp3) is 0.0588. The lowest BCUT2D eigenvalue weighted by Gasteiger charge is -2.07. The molecule has 0 saturated heterocycles. The maximum absolute atomic E-state index is 12.3. The van der Waals surface area contributed by atoms with Gasteiger partial charge in [-0.1, -0.05) is 41.7 Å². The molecule has 2 aromatic carbocycles. The summed E-state index contributed by atoms with van der Waals surface area (Å²) in [6.45, 7) is 0.447. The van der Waals surface area contributed by atoms with Crippen molar-refractivity contribution in [2.45, 2.75) is 6.61 Å². The molecular formula is C17H13N5O2S. The second-order valence-electron chi connectivity index (χ2n) is 5.22. The standard InChI is InChI=1S/C17H13N5O2S/c23-15(19-16-21-22-11-18-20-17(22)25-16)13-8-6-12(7-9-13)10-24-14-4-2-1-3-5-14/h1-9,11H,10H2,(H,19,21,23). The van der Waals surface area contributed by atoms with Crippen LogP contribution in [0, 0.1) is 0 Å². The molecule has 4 aromatic rings. The molecule has 0 fully saturated rings. The lowest BCUT2D eigenvalue weighted by Crippen LogP contribution is -2.12. The maximum atomic E-state index is 12.3. The van der Waals surface area contributed by atoms with Gasteiger partial charge in [0.15, 0.2) is 0 Å². The number of ether oxygens (including phenoxy) is 1. The van der Waals surface area contributed by atoms with Crippen LogP contribution in [0.4, 0.5) is 5.13 Å². The Hall–Kier alpha value is -3.26. The van der Waals surface area contributed by atoms with Gasteiger partial charge in [-0.3, -0.25) is 10.1 Å². The lowest BCUT2D eigenvalue weighted by molar-refractivity contribution is 0.102. The number of anilines is 1. The summed E-state index contributed by atoms with van der Waals surface area (Å²) in [6, 6.07) is 16.9. The fourth-order valence-electron chi connectivity index (χ4n) is 2.22. The summed E-state index contributed by atoms with van der Waals surface area (Å²) < 4.78 is 7.21. The number of benzene rings is 2. The van der Waals surface area contributed by atoms with Crippen LogP contribution >= 0.6 is 11.3 Å². The van der Waals surface area contributed by atoms with Crippen LogP contribution in [0.15, 0.2) is 60.9 Å². The molecule has 0 radical (unpaired) electrons. The number of carbonyl (C=O) groups excluding carboxylic acids is 1. The van der Waals surface area contributed by atoms with Gasteiger partial charge >= 0.3 is 0 Å². The Balaban J connectivity index is 1.39. The molecule has 0 atom stereocenters. The van der Waals surface area contributed by atoms with Gasteiger partial charge in [0.05, 0.1) is 0 Å². The molecular weight excluding hydrogens is 338 g/mol. The summed E-state index contributed by atoms with van der Waals surface area (Å²) in [5, 5.41) is 15.0. The first-order chi connectivity index (χ1) is 12.3. The van der Waals surface area contributed by atoms with E-state index in [1.165, 1.54) is 22.2 Å². The van der Waals surface area contributed by atoms with Crippen molar-refractivity contribution in [3.05, 3.63) is 72.1 Å². The molecule has 7 nitrogen and oxygen atoms in total. The average Bonchev–Trinajstić information content (AvgIpc) is 3.23. The zero-order valence-corrected chi connectivity index (χ0v) is 13.8. The van der Waals surface area contributed by atoms with Crippen LogP contribution in [-0.2, 0) is 6.61 Å². The van der Waals surface area contributed by atoms with Gasteiger partial charge < -0.3 is 4.74 Å². The number of para-hydroxylation sites is 1. The molecule has 0 saturated carbocycles. The molecule has 0 aliphatic carbocycles. The van der Waals surface area contributed by atoms with Gasteiger partial charge in [-0.2, -0.15) is 4.52 Å². The Morgan fingerprint density at radius 2 is 1.92 bits per heavy atom. The van der Waals surface area contributed by atoms with Crippen LogP contribution in [0.3, 0.4) is 0 Å². The first-order valence-corrected chi connectivity index (χ1v) is 8.34. The maximum Gasteiger partial charge on any atom is 0.257 e. The zero-order valence-electron chi connectivity index (χ0n) is 13.0. The van der Waals surface area contributed by atoms with E-state index in [4.69, 9.17) is 4.74 Å². The van der Waals surface area contributed by atoms with Crippen LogP contribution in [0.25, 0.3) is 4.96 Å². The molecule has 1 N–H and O–H groups in total. The van der Waals surface area contributed by atoms with Crippen molar-refractivity contribution in [3.8, 4) is 5.75 Å². The number of nitrogens with zero attached hydrogens (tertiary/aromatic N) is 4. The molecule has 2 heterocycles. The minimum absolute atomic E-state index is 0.222. The Bertz CT molecular complexity index is 966. The van der Waals surface area contributed by atoms with Crippen LogP contribution in [0.5, 0.6) is 5.75 Å². The van der Waals surface area contributed by atoms with Gasteiger partial charge in [0.1, 0.15) is 18.7 Å². The van der Waals surface area contributed by atoms with Crippen LogP contribution in [-0.4, -0.2) is 25.7 Å². The van der Waals surface area contributed by atoms with Gasteiger partial charge in [0, 0.05) is 5.56 Å². The Morgan fingerprint density at radius 1 is 1.12 bits per heavy atom. The molecule has 0 bridgehead atoms. The number of hydrogen-bond donors (Lipinski definition) is 1. The van der Waals surface area contributed by atoms with Gasteiger partial charge in [-0.15, -0.1) is 15.3 Å². The van der Waals surface area contributed by atoms with E-state index in [0.717, 1.165) is 11.3 Å². The second-order valence-corrected chi connectivity index (χ2v) is 6.17. The summed E-state index contributed by atoms with van der Waals surface area (Å²) in [6.07, 6.45) is 1.49. The predicted octanol–water partition coefficient (Wildman–Crippen LogP) is 3.02. The van der Waals surface area contributed by atoms with Crippen molar-refractivity contribution in [2.75, 3.05) is 5.32 Å². The molecule has 1 amide bonds. The van der Waals surface area contributed by atoms with Gasteiger partial charge in [-0.25, -0.2) is 0 Å². The van der Waals surface area contributed by atoms with Crippen molar-refractivity contribution in [3.63, 3.8) is 0 Å². The lowest BCUT2D eigenvalue weighted by atomic mass is 10.1. The normalized spacial score (nSPS) is 10.7. The van der Waals surface area contributed by atoms with Crippen molar-refractivity contribution in [1.82, 2.24) is 19.8 Å². The van der Waals surface area contributed by atoms with Gasteiger partial charge in [0.2, 0.25) is 10.1 Å². The molecule has 2 aromatic heterocycles. The largest absolute Gasteiger partial charge is 0.489 e. The highest BCUT2D eigenvalue weighted by Crippen LogP contribution is 2.18. The zero-order chi connectivity index (χ0) is 17.1. The number of carbonyl (C=O) groups is 1. The molecule has 0 unspecified atom stereocenters. The third-order valence-corrected chi connectivity index (χ3v) is 4.30. The molecule has 25 heavy (non-hydrogen) atoms. The monoisotopic (exact) mass is 351 g/mol. The van der Waals surface area contributed by atoms with Crippen molar-refractivity contribution in [2.24, 2.45) is 0 Å². The van der Waals surface area contributed by atoms with Crippen molar-refractivity contribution < 1.29 is 9.53 Å². The third kappa shape index (κ3) is 3.48. The second kappa shape index (κ2) is 6.70. The first-order valence-electron chi connectivity index (χ1n) is 7.53. The van der Waals surface area contributed by atoms with E-state index in [9.17, 15) is 4.79 Å². The molecule has 4 rings (SSSR count). The number of fused-ring (bicyclic) bond motifs is 1.